The number of epoxide rings is 1. The maximum absolute atomic E-state index is 13.0. The predicted octanol–water partition coefficient (Wildman–Crippen LogP) is -5.17. The van der Waals surface area contributed by atoms with Gasteiger partial charge in [-0.15, -0.1) is 0 Å². The number of hydrogen-bond acceptors (Lipinski definition) is 8. The number of phosphoric acid groups is 1. The van der Waals surface area contributed by atoms with Gasteiger partial charge in [0.2, 0.25) is 0 Å². The average molecular weight is 496 g/mol. The van der Waals surface area contributed by atoms with Crippen molar-refractivity contribution in [2.45, 2.75) is 63.8 Å². The molecule has 170 valence electrons. The van der Waals surface area contributed by atoms with Gasteiger partial charge in [0.1, 0.15) is 17.8 Å². The maximum atomic E-state index is 13.0. The molecule has 1 heterocycles. The monoisotopic (exact) mass is 496 g/mol. The van der Waals surface area contributed by atoms with Gasteiger partial charge in [-0.25, -0.2) is 0 Å². The molecular formula is C22H27Na2O8P. The van der Waals surface area contributed by atoms with Gasteiger partial charge >= 0.3 is 59.1 Å². The summed E-state index contributed by atoms with van der Waals surface area (Å²) in [5.74, 6) is -1.13. The Kier molecular flexibility index (Phi) is 7.50. The second-order valence-electron chi connectivity index (χ2n) is 10.4. The van der Waals surface area contributed by atoms with E-state index in [0.717, 1.165) is 18.4 Å². The largest absolute Gasteiger partial charge is 1.00 e. The normalized spacial score (nSPS) is 47.1. The Labute approximate surface area is 237 Å². The van der Waals surface area contributed by atoms with Crippen LogP contribution in [0, 0.1) is 28.6 Å². The molecule has 0 aromatic heterocycles. The van der Waals surface area contributed by atoms with Crippen LogP contribution >= 0.6 is 7.82 Å². The van der Waals surface area contributed by atoms with Crippen LogP contribution in [0.25, 0.3) is 0 Å². The van der Waals surface area contributed by atoms with Crippen LogP contribution in [0.15, 0.2) is 23.8 Å². The molecule has 1 N–H and O–H groups in total. The number of rotatable bonds is 4. The molecule has 1 saturated heterocycles. The van der Waals surface area contributed by atoms with Crippen LogP contribution in [0.5, 0.6) is 0 Å². The molecule has 1 spiro atoms. The average Bonchev–Trinajstić information content (AvgIpc) is 3.36. The fourth-order valence-electron chi connectivity index (χ4n) is 7.83. The van der Waals surface area contributed by atoms with Gasteiger partial charge in [0.15, 0.2) is 11.6 Å². The molecule has 8 atom stereocenters. The van der Waals surface area contributed by atoms with Crippen LogP contribution < -0.4 is 68.9 Å². The quantitative estimate of drug-likeness (QED) is 0.232. The first-order chi connectivity index (χ1) is 14.3. The van der Waals surface area contributed by atoms with Gasteiger partial charge in [0.25, 0.3) is 0 Å². The molecule has 0 aromatic carbocycles. The van der Waals surface area contributed by atoms with Crippen LogP contribution in [0.1, 0.15) is 46.5 Å². The fraction of sp³-hybridized carbons (Fsp3) is 0.727. The molecular weight excluding hydrogens is 469 g/mol. The zero-order valence-electron chi connectivity index (χ0n) is 19.8. The van der Waals surface area contributed by atoms with E-state index in [9.17, 15) is 29.0 Å². The van der Waals surface area contributed by atoms with E-state index in [0.29, 0.717) is 12.8 Å². The number of ether oxygens (including phenoxy) is 1. The number of allylic oxidation sites excluding steroid dienone is 2. The van der Waals surface area contributed by atoms with Gasteiger partial charge in [0.05, 0.1) is 13.9 Å². The Morgan fingerprint density at radius 3 is 2.61 bits per heavy atom. The summed E-state index contributed by atoms with van der Waals surface area (Å²) in [6.07, 6.45) is 7.68. The Morgan fingerprint density at radius 2 is 1.97 bits per heavy atom. The smallest absolute Gasteiger partial charge is 0.790 e. The zero-order valence-corrected chi connectivity index (χ0v) is 24.7. The first kappa shape index (κ1) is 28.4. The Bertz CT molecular complexity index is 993. The summed E-state index contributed by atoms with van der Waals surface area (Å²) in [4.78, 5) is 46.8. The molecule has 0 aromatic rings. The second-order valence-corrected chi connectivity index (χ2v) is 11.6. The van der Waals surface area contributed by atoms with E-state index in [1.165, 1.54) is 0 Å². The van der Waals surface area contributed by atoms with Gasteiger partial charge in [-0.2, -0.15) is 0 Å². The molecule has 4 aliphatic carbocycles. The van der Waals surface area contributed by atoms with Gasteiger partial charge < -0.3 is 28.7 Å². The summed E-state index contributed by atoms with van der Waals surface area (Å²) in [7, 11) is -5.32. The van der Waals surface area contributed by atoms with Gasteiger partial charge in [-0.05, 0) is 62.5 Å². The molecule has 33 heavy (non-hydrogen) atoms. The molecule has 8 nitrogen and oxygen atoms in total. The maximum Gasteiger partial charge on any atom is 1.00 e. The van der Waals surface area contributed by atoms with Crippen LogP contribution in [0.2, 0.25) is 0 Å². The van der Waals surface area contributed by atoms with Crippen molar-refractivity contribution in [1.82, 2.24) is 0 Å². The van der Waals surface area contributed by atoms with Crippen molar-refractivity contribution in [2.24, 2.45) is 28.6 Å². The number of fused-ring (bicyclic) bond motifs is 3. The first-order valence-electron chi connectivity index (χ1n) is 10.8. The molecule has 4 fully saturated rings. The molecule has 5 aliphatic rings. The standard InChI is InChI=1S/C22H29O8P.2Na/c1-12-8-16-15-5-4-13-9-14(23)6-7-19(13,2)22(15)18(30-22)10-20(16,3)21(12,25)17(24)11-29-31(26,27)28;;/h6-7,9,12,15-16,18,25H,4-5,8,10-11H2,1-3H3,(H2,26,27,28);;/q;2*+1/p-2/t12-,15-,16-,18-,19-,20-,21-,22+;;/m0../s1. The summed E-state index contributed by atoms with van der Waals surface area (Å²) in [5.41, 5.74) is -2.41. The van der Waals surface area contributed by atoms with Crippen molar-refractivity contribution in [3.8, 4) is 0 Å². The number of ketones is 2. The van der Waals surface area contributed by atoms with Crippen molar-refractivity contribution in [3.05, 3.63) is 23.8 Å². The van der Waals surface area contributed by atoms with Gasteiger partial charge in [-0.1, -0.05) is 25.5 Å². The topological polar surface area (TPSA) is 139 Å². The first-order valence-corrected chi connectivity index (χ1v) is 12.3. The molecule has 5 rings (SSSR count). The van der Waals surface area contributed by atoms with Crippen LogP contribution in [0.3, 0.4) is 0 Å². The van der Waals surface area contributed by atoms with Crippen molar-refractivity contribution in [1.29, 1.82) is 0 Å². The zero-order chi connectivity index (χ0) is 22.6. The van der Waals surface area contributed by atoms with E-state index < -0.39 is 48.2 Å². The Morgan fingerprint density at radius 1 is 1.30 bits per heavy atom. The number of carbonyl (C=O) groups excluding carboxylic acids is 2. The third-order valence-corrected chi connectivity index (χ3v) is 9.74. The van der Waals surface area contributed by atoms with Gasteiger partial charge in [-0.3, -0.25) is 9.59 Å². The van der Waals surface area contributed by atoms with Crippen LogP contribution in [0.4, 0.5) is 0 Å². The Hall–Kier alpha value is 0.850. The van der Waals surface area contributed by atoms with Crippen LogP contribution in [-0.4, -0.2) is 40.6 Å². The molecule has 11 heteroatoms. The molecule has 1 aliphatic heterocycles. The second kappa shape index (κ2) is 8.71. The van der Waals surface area contributed by atoms with E-state index in [1.807, 2.05) is 13.0 Å². The Balaban J connectivity index is 0.00000153. The minimum Gasteiger partial charge on any atom is -0.790 e. The van der Waals surface area contributed by atoms with E-state index in [2.05, 4.69) is 11.4 Å². The summed E-state index contributed by atoms with van der Waals surface area (Å²) in [6, 6.07) is 0. The minimum atomic E-state index is -5.32. The van der Waals surface area contributed by atoms with E-state index in [1.54, 1.807) is 19.1 Å². The summed E-state index contributed by atoms with van der Waals surface area (Å²) < 4.78 is 21.5. The molecule has 0 radical (unpaired) electrons. The summed E-state index contributed by atoms with van der Waals surface area (Å²) in [6.45, 7) is 4.83. The number of carbonyl (C=O) groups is 2. The molecule has 0 bridgehead atoms. The van der Waals surface area contributed by atoms with Crippen LogP contribution in [-0.2, 0) is 23.4 Å². The predicted molar refractivity (Wildman–Crippen MR) is 104 cm³/mol. The third-order valence-electron chi connectivity index (χ3n) is 9.29. The van der Waals surface area contributed by atoms with E-state index in [-0.39, 0.29) is 82.8 Å². The van der Waals surface area contributed by atoms with E-state index >= 15 is 0 Å². The summed E-state index contributed by atoms with van der Waals surface area (Å²) in [5, 5.41) is 11.7. The molecule has 0 amide bonds. The summed E-state index contributed by atoms with van der Waals surface area (Å²) >= 11 is 0. The number of phosphoric ester groups is 1. The number of aliphatic hydroxyl groups is 1. The fourth-order valence-corrected chi connectivity index (χ4v) is 8.10. The van der Waals surface area contributed by atoms with Gasteiger partial charge in [0, 0.05) is 10.8 Å². The SMILES string of the molecule is C[C@H]1C[C@H]2[C@@H]3CCC4=CC(=O)C=C[C@]4(C)[C@@]34O[C@H]4C[C@]2(C)[C@@]1(O)C(=O)COP(=O)([O-])[O-].[Na+].[Na+]. The third kappa shape index (κ3) is 3.71. The van der Waals surface area contributed by atoms with E-state index in [4.69, 9.17) is 4.74 Å². The molecule has 3 saturated carbocycles. The number of Topliss-reactive ketones (excluding diaryl/α,β-unsaturated/α-hetero) is 1. The minimum absolute atomic E-state index is 0. The molecule has 0 unspecified atom stereocenters. The van der Waals surface area contributed by atoms with Crippen molar-refractivity contribution in [3.63, 3.8) is 0 Å². The van der Waals surface area contributed by atoms with Crippen molar-refractivity contribution in [2.75, 3.05) is 6.61 Å². The van der Waals surface area contributed by atoms with Crippen molar-refractivity contribution < 1.29 is 97.4 Å². The number of hydrogen-bond donors (Lipinski definition) is 1. The van der Waals surface area contributed by atoms with Crippen molar-refractivity contribution >= 4 is 19.4 Å².